The van der Waals surface area contributed by atoms with E-state index < -0.39 is 0 Å². The fourth-order valence-electron chi connectivity index (χ4n) is 3.46. The number of pyridine rings is 1. The zero-order chi connectivity index (χ0) is 19.9. The van der Waals surface area contributed by atoms with Gasteiger partial charge in [0.15, 0.2) is 0 Å². The van der Waals surface area contributed by atoms with E-state index in [0.29, 0.717) is 36.7 Å². The number of piperidine rings is 1. The number of likely N-dealkylation sites (tertiary alicyclic amines) is 1. The molecule has 0 atom stereocenters. The van der Waals surface area contributed by atoms with Gasteiger partial charge in [0.05, 0.1) is 5.56 Å². The van der Waals surface area contributed by atoms with Crippen LogP contribution in [0.3, 0.4) is 0 Å². The average Bonchev–Trinajstić information content (AvgIpc) is 2.77. The minimum atomic E-state index is -0.0267. The highest BCUT2D eigenvalue weighted by atomic mass is 32.2. The van der Waals surface area contributed by atoms with Gasteiger partial charge in [-0.25, -0.2) is 4.98 Å². The van der Waals surface area contributed by atoms with Gasteiger partial charge in [-0.3, -0.25) is 9.59 Å². The first-order valence-electron chi connectivity index (χ1n) is 9.77. The third kappa shape index (κ3) is 4.93. The Morgan fingerprint density at radius 2 is 1.89 bits per heavy atom. The third-order valence-electron chi connectivity index (χ3n) is 5.27. The number of carbonyl (C=O) groups is 2. The van der Waals surface area contributed by atoms with Crippen molar-refractivity contribution in [2.75, 3.05) is 25.9 Å². The predicted octanol–water partition coefficient (Wildman–Crippen LogP) is 3.65. The summed E-state index contributed by atoms with van der Waals surface area (Å²) < 4.78 is 0. The molecule has 5 nitrogen and oxygen atoms in total. The number of amides is 2. The van der Waals surface area contributed by atoms with E-state index in [-0.39, 0.29) is 11.8 Å². The Labute approximate surface area is 170 Å². The largest absolute Gasteiger partial charge is 0.352 e. The van der Waals surface area contributed by atoms with Crippen molar-refractivity contribution in [3.8, 4) is 0 Å². The van der Waals surface area contributed by atoms with Crippen LogP contribution in [-0.4, -0.2) is 47.6 Å². The molecule has 0 bridgehead atoms. The molecule has 1 aromatic heterocycles. The smallest absolute Gasteiger partial charge is 0.256 e. The SMILES string of the molecule is CCc1ccc(C(=O)NCC2CCN(C(=O)c3cccnc3SC)CC2)cc1. The quantitative estimate of drug-likeness (QED) is 0.756. The van der Waals surface area contributed by atoms with Gasteiger partial charge in [-0.1, -0.05) is 19.1 Å². The van der Waals surface area contributed by atoms with Gasteiger partial charge in [0.25, 0.3) is 11.8 Å². The summed E-state index contributed by atoms with van der Waals surface area (Å²) in [6.45, 7) is 4.18. The van der Waals surface area contributed by atoms with Crippen molar-refractivity contribution in [3.63, 3.8) is 0 Å². The Bertz CT molecular complexity index is 815. The Kier molecular flexibility index (Phi) is 7.09. The molecule has 2 amide bonds. The Morgan fingerprint density at radius 3 is 2.54 bits per heavy atom. The van der Waals surface area contributed by atoms with Crippen LogP contribution >= 0.6 is 11.8 Å². The van der Waals surface area contributed by atoms with E-state index >= 15 is 0 Å². The van der Waals surface area contributed by atoms with Gasteiger partial charge in [-0.05, 0) is 61.3 Å². The monoisotopic (exact) mass is 397 g/mol. The van der Waals surface area contributed by atoms with Crippen LogP contribution in [0, 0.1) is 5.92 Å². The van der Waals surface area contributed by atoms with E-state index in [4.69, 9.17) is 0 Å². The summed E-state index contributed by atoms with van der Waals surface area (Å²) in [7, 11) is 0. The van der Waals surface area contributed by atoms with Crippen molar-refractivity contribution < 1.29 is 9.59 Å². The van der Waals surface area contributed by atoms with Crippen molar-refractivity contribution >= 4 is 23.6 Å². The highest BCUT2D eigenvalue weighted by Crippen LogP contribution is 2.22. The zero-order valence-electron chi connectivity index (χ0n) is 16.5. The number of carbonyl (C=O) groups excluding carboxylic acids is 2. The van der Waals surface area contributed by atoms with E-state index in [9.17, 15) is 9.59 Å². The second kappa shape index (κ2) is 9.73. The van der Waals surface area contributed by atoms with Gasteiger partial charge in [-0.2, -0.15) is 0 Å². The van der Waals surface area contributed by atoms with Crippen LogP contribution in [0.4, 0.5) is 0 Å². The molecule has 28 heavy (non-hydrogen) atoms. The summed E-state index contributed by atoms with van der Waals surface area (Å²) in [6.07, 6.45) is 6.42. The molecule has 148 valence electrons. The van der Waals surface area contributed by atoms with Crippen LogP contribution in [0.1, 0.15) is 46.0 Å². The van der Waals surface area contributed by atoms with Crippen LogP contribution in [-0.2, 0) is 6.42 Å². The molecule has 0 unspecified atom stereocenters. The number of hydrogen-bond donors (Lipinski definition) is 1. The molecule has 1 aliphatic heterocycles. The predicted molar refractivity (Wildman–Crippen MR) is 113 cm³/mol. The molecular weight excluding hydrogens is 370 g/mol. The normalized spacial score (nSPS) is 14.7. The lowest BCUT2D eigenvalue weighted by molar-refractivity contribution is 0.0680. The van der Waals surface area contributed by atoms with Crippen molar-refractivity contribution in [1.82, 2.24) is 15.2 Å². The molecule has 1 saturated heterocycles. The molecule has 1 fully saturated rings. The summed E-state index contributed by atoms with van der Waals surface area (Å²) in [5.74, 6) is 0.425. The summed E-state index contributed by atoms with van der Waals surface area (Å²) in [5.41, 5.74) is 2.61. The van der Waals surface area contributed by atoms with E-state index in [0.717, 1.165) is 24.3 Å². The van der Waals surface area contributed by atoms with Gasteiger partial charge in [-0.15, -0.1) is 11.8 Å². The van der Waals surface area contributed by atoms with E-state index in [2.05, 4.69) is 17.2 Å². The molecule has 1 N–H and O–H groups in total. The number of hydrogen-bond acceptors (Lipinski definition) is 4. The van der Waals surface area contributed by atoms with Crippen molar-refractivity contribution in [1.29, 1.82) is 0 Å². The van der Waals surface area contributed by atoms with Gasteiger partial charge >= 0.3 is 0 Å². The first-order valence-corrected chi connectivity index (χ1v) is 11.0. The second-order valence-electron chi connectivity index (χ2n) is 7.06. The maximum atomic E-state index is 12.8. The van der Waals surface area contributed by atoms with Crippen molar-refractivity contribution in [3.05, 3.63) is 59.3 Å². The van der Waals surface area contributed by atoms with Crippen LogP contribution in [0.25, 0.3) is 0 Å². The first-order chi connectivity index (χ1) is 13.6. The van der Waals surface area contributed by atoms with E-state index in [1.165, 1.54) is 17.3 Å². The van der Waals surface area contributed by atoms with Gasteiger partial charge in [0, 0.05) is 31.4 Å². The van der Waals surface area contributed by atoms with Crippen molar-refractivity contribution in [2.24, 2.45) is 5.92 Å². The fourth-order valence-corrected chi connectivity index (χ4v) is 4.00. The number of aromatic nitrogens is 1. The molecule has 6 heteroatoms. The highest BCUT2D eigenvalue weighted by Gasteiger charge is 2.25. The summed E-state index contributed by atoms with van der Waals surface area (Å²) in [6, 6.07) is 11.4. The number of benzene rings is 1. The highest BCUT2D eigenvalue weighted by molar-refractivity contribution is 7.98. The van der Waals surface area contributed by atoms with Crippen LogP contribution in [0.5, 0.6) is 0 Å². The summed E-state index contributed by atoms with van der Waals surface area (Å²) in [4.78, 5) is 31.3. The lowest BCUT2D eigenvalue weighted by Crippen LogP contribution is -2.41. The molecule has 0 aliphatic carbocycles. The maximum absolute atomic E-state index is 12.8. The molecule has 2 heterocycles. The summed E-state index contributed by atoms with van der Waals surface area (Å²) >= 11 is 1.49. The lowest BCUT2D eigenvalue weighted by atomic mass is 9.96. The number of thioether (sulfide) groups is 1. The topological polar surface area (TPSA) is 62.3 Å². The first kappa shape index (κ1) is 20.4. The average molecular weight is 398 g/mol. The molecule has 0 radical (unpaired) electrons. The number of nitrogens with zero attached hydrogens (tertiary/aromatic N) is 2. The Morgan fingerprint density at radius 1 is 1.18 bits per heavy atom. The second-order valence-corrected chi connectivity index (χ2v) is 7.85. The molecule has 0 spiro atoms. The zero-order valence-corrected chi connectivity index (χ0v) is 17.3. The van der Waals surface area contributed by atoms with Gasteiger partial charge in [0.1, 0.15) is 5.03 Å². The molecular formula is C22H27N3O2S. The standard InChI is InChI=1S/C22H27N3O2S/c1-3-16-6-8-18(9-7-16)20(26)24-15-17-10-13-25(14-11-17)22(27)19-5-4-12-23-21(19)28-2/h4-9,12,17H,3,10-11,13-15H2,1-2H3,(H,24,26). The van der Waals surface area contributed by atoms with Crippen LogP contribution in [0.15, 0.2) is 47.6 Å². The van der Waals surface area contributed by atoms with Gasteiger partial charge < -0.3 is 10.2 Å². The van der Waals surface area contributed by atoms with Crippen LogP contribution in [0.2, 0.25) is 0 Å². The molecule has 2 aromatic rings. The number of aryl methyl sites for hydroxylation is 1. The molecule has 1 aromatic carbocycles. The third-order valence-corrected chi connectivity index (χ3v) is 5.98. The lowest BCUT2D eigenvalue weighted by Gasteiger charge is -2.32. The minimum Gasteiger partial charge on any atom is -0.352 e. The Hall–Kier alpha value is -2.34. The number of nitrogens with one attached hydrogen (secondary N) is 1. The minimum absolute atomic E-state index is 0.0267. The molecule has 1 aliphatic rings. The van der Waals surface area contributed by atoms with Crippen molar-refractivity contribution in [2.45, 2.75) is 31.2 Å². The van der Waals surface area contributed by atoms with Crippen LogP contribution < -0.4 is 5.32 Å². The van der Waals surface area contributed by atoms with Gasteiger partial charge in [0.2, 0.25) is 0 Å². The number of rotatable bonds is 6. The Balaban J connectivity index is 1.48. The fraction of sp³-hybridized carbons (Fsp3) is 0.409. The van der Waals surface area contributed by atoms with E-state index in [1.807, 2.05) is 47.6 Å². The van der Waals surface area contributed by atoms with E-state index in [1.54, 1.807) is 6.20 Å². The summed E-state index contributed by atoms with van der Waals surface area (Å²) in [5, 5.41) is 3.82. The maximum Gasteiger partial charge on any atom is 0.256 e. The molecule has 0 saturated carbocycles. The molecule has 3 rings (SSSR count).